The topological polar surface area (TPSA) is 0 Å². The first-order valence-corrected chi connectivity index (χ1v) is 9.01. The molecule has 0 heterocycles. The predicted molar refractivity (Wildman–Crippen MR) is 93.9 cm³/mol. The molecule has 0 amide bonds. The average Bonchev–Trinajstić information content (AvgIpc) is 2.47. The highest BCUT2D eigenvalue weighted by Gasteiger charge is 1.88. The van der Waals surface area contributed by atoms with Crippen LogP contribution in [0.3, 0.4) is 0 Å². The average molecular weight is 278 g/mol. The molecule has 0 aromatic carbocycles. The lowest BCUT2D eigenvalue weighted by molar-refractivity contribution is 0.611. The predicted octanol–water partition coefficient (Wildman–Crippen LogP) is 7.41. The fourth-order valence-corrected chi connectivity index (χ4v) is 2.34. The van der Waals surface area contributed by atoms with E-state index < -0.39 is 0 Å². The van der Waals surface area contributed by atoms with Crippen molar-refractivity contribution in [3.63, 3.8) is 0 Å². The third kappa shape index (κ3) is 17.5. The highest BCUT2D eigenvalue weighted by Crippen LogP contribution is 2.08. The quantitative estimate of drug-likeness (QED) is 0.216. The number of unbranched alkanes of at least 4 members (excludes halogenated alkanes) is 11. The number of hydrogen-bond donors (Lipinski definition) is 0. The Labute approximate surface area is 128 Å². The van der Waals surface area contributed by atoms with Gasteiger partial charge in [0.1, 0.15) is 0 Å². The van der Waals surface area contributed by atoms with E-state index in [0.29, 0.717) is 0 Å². The van der Waals surface area contributed by atoms with Crippen molar-refractivity contribution in [2.24, 2.45) is 0 Å². The van der Waals surface area contributed by atoms with Crippen LogP contribution in [0.25, 0.3) is 0 Å². The molecule has 0 saturated heterocycles. The molecule has 0 atom stereocenters. The van der Waals surface area contributed by atoms with Crippen molar-refractivity contribution in [1.29, 1.82) is 0 Å². The summed E-state index contributed by atoms with van der Waals surface area (Å²) in [5.74, 6) is 0. The van der Waals surface area contributed by atoms with Crippen molar-refractivity contribution < 1.29 is 0 Å². The highest BCUT2D eigenvalue weighted by molar-refractivity contribution is 4.92. The first-order chi connectivity index (χ1) is 9.91. The smallest absolute Gasteiger partial charge is 0.0169 e. The molecule has 0 aromatic heterocycles. The minimum absolute atomic E-state index is 1.10. The molecule has 0 rings (SSSR count). The van der Waals surface area contributed by atoms with Crippen LogP contribution in [0.4, 0.5) is 0 Å². The van der Waals surface area contributed by atoms with E-state index in [1.165, 1.54) is 77.0 Å². The zero-order valence-corrected chi connectivity index (χ0v) is 13.9. The Kier molecular flexibility index (Phi) is 18.0. The highest BCUT2D eigenvalue weighted by atomic mass is 13.9. The maximum atomic E-state index is 3.87. The minimum Gasteiger partial charge on any atom is -0.0882 e. The van der Waals surface area contributed by atoms with Gasteiger partial charge in [-0.15, -0.1) is 0 Å². The van der Waals surface area contributed by atoms with Gasteiger partial charge in [-0.1, -0.05) is 95.9 Å². The van der Waals surface area contributed by atoms with Crippen LogP contribution in [-0.2, 0) is 0 Å². The van der Waals surface area contributed by atoms with E-state index >= 15 is 0 Å². The van der Waals surface area contributed by atoms with E-state index in [1.54, 1.807) is 0 Å². The fourth-order valence-electron chi connectivity index (χ4n) is 2.34. The van der Waals surface area contributed by atoms with Gasteiger partial charge in [-0.3, -0.25) is 0 Å². The molecule has 0 aliphatic carbocycles. The third-order valence-corrected chi connectivity index (χ3v) is 3.70. The van der Waals surface area contributed by atoms with Crippen LogP contribution in [0.2, 0.25) is 0 Å². The van der Waals surface area contributed by atoms with Crippen LogP contribution in [-0.4, -0.2) is 0 Å². The van der Waals surface area contributed by atoms with Crippen LogP contribution in [0.15, 0.2) is 24.3 Å². The van der Waals surface area contributed by atoms with Crippen molar-refractivity contribution in [3.8, 4) is 0 Å². The summed E-state index contributed by atoms with van der Waals surface area (Å²) >= 11 is 0. The Morgan fingerprint density at radius 1 is 0.600 bits per heavy atom. The second kappa shape index (κ2) is 18.5. The molecule has 0 heteroatoms. The monoisotopic (exact) mass is 277 g/mol. The van der Waals surface area contributed by atoms with Gasteiger partial charge < -0.3 is 0 Å². The second-order valence-electron chi connectivity index (χ2n) is 5.79. The van der Waals surface area contributed by atoms with E-state index in [0.717, 1.165) is 12.8 Å². The summed E-state index contributed by atoms with van der Waals surface area (Å²) in [7, 11) is 0. The molecular weight excluding hydrogens is 240 g/mol. The zero-order chi connectivity index (χ0) is 14.7. The van der Waals surface area contributed by atoms with Gasteiger partial charge in [0.2, 0.25) is 0 Å². The van der Waals surface area contributed by atoms with Gasteiger partial charge in [-0.05, 0) is 32.1 Å². The van der Waals surface area contributed by atoms with Gasteiger partial charge in [-0.25, -0.2) is 0 Å². The van der Waals surface area contributed by atoms with Gasteiger partial charge in [0, 0.05) is 0 Å². The van der Waals surface area contributed by atoms with E-state index in [-0.39, 0.29) is 0 Å². The minimum atomic E-state index is 1.10. The number of hydrogen-bond acceptors (Lipinski definition) is 0. The summed E-state index contributed by atoms with van der Waals surface area (Å²) in [4.78, 5) is 0. The standard InChI is InChI=1S/C20H37/c1-3-5-7-9-11-13-15-17-19-20-18-16-14-12-10-8-6-4-2/h15,17-18,20H,1,3-14,16,19H2,2H3. The molecule has 0 aliphatic heterocycles. The molecular formula is C20H37. The van der Waals surface area contributed by atoms with E-state index in [9.17, 15) is 0 Å². The normalized spacial score (nSPS) is 11.9. The lowest BCUT2D eigenvalue weighted by Crippen LogP contribution is -1.77. The van der Waals surface area contributed by atoms with Gasteiger partial charge >= 0.3 is 0 Å². The molecule has 0 saturated carbocycles. The lowest BCUT2D eigenvalue weighted by atomic mass is 10.1. The van der Waals surface area contributed by atoms with E-state index in [1.807, 2.05) is 0 Å². The first-order valence-electron chi connectivity index (χ1n) is 9.01. The van der Waals surface area contributed by atoms with Crippen molar-refractivity contribution >= 4 is 0 Å². The van der Waals surface area contributed by atoms with Crippen LogP contribution in [0.5, 0.6) is 0 Å². The maximum Gasteiger partial charge on any atom is -0.0169 e. The molecule has 0 aromatic rings. The third-order valence-electron chi connectivity index (χ3n) is 3.70. The molecule has 0 nitrogen and oxygen atoms in total. The van der Waals surface area contributed by atoms with Crippen molar-refractivity contribution in [2.45, 2.75) is 96.8 Å². The van der Waals surface area contributed by atoms with Crippen LogP contribution in [0.1, 0.15) is 96.8 Å². The summed E-state index contributed by atoms with van der Waals surface area (Å²) in [6.45, 7) is 6.15. The fraction of sp³-hybridized carbons (Fsp3) is 0.750. The molecule has 1 radical (unpaired) electrons. The van der Waals surface area contributed by atoms with Crippen molar-refractivity contribution in [1.82, 2.24) is 0 Å². The van der Waals surface area contributed by atoms with Crippen molar-refractivity contribution in [3.05, 3.63) is 31.2 Å². The second-order valence-corrected chi connectivity index (χ2v) is 5.79. The molecule has 0 unspecified atom stereocenters. The van der Waals surface area contributed by atoms with Crippen molar-refractivity contribution in [2.75, 3.05) is 0 Å². The van der Waals surface area contributed by atoms with Gasteiger partial charge in [-0.2, -0.15) is 0 Å². The van der Waals surface area contributed by atoms with Gasteiger partial charge in [0.25, 0.3) is 0 Å². The van der Waals surface area contributed by atoms with Crippen LogP contribution < -0.4 is 0 Å². The van der Waals surface area contributed by atoms with Crippen LogP contribution in [0, 0.1) is 6.92 Å². The zero-order valence-electron chi connectivity index (χ0n) is 13.9. The molecule has 0 fully saturated rings. The maximum absolute atomic E-state index is 3.87. The molecule has 117 valence electrons. The van der Waals surface area contributed by atoms with Gasteiger partial charge in [0.05, 0.1) is 0 Å². The van der Waals surface area contributed by atoms with E-state index in [2.05, 4.69) is 38.2 Å². The Morgan fingerprint density at radius 2 is 1.10 bits per heavy atom. The summed E-state index contributed by atoms with van der Waals surface area (Å²) in [6, 6.07) is 0. The Bertz CT molecular complexity index is 212. The lowest BCUT2D eigenvalue weighted by Gasteiger charge is -1.97. The first kappa shape index (κ1) is 19.5. The SMILES string of the molecule is [CH2]CCCCCCC=CCC=CCCCCCCCC. The Balaban J connectivity index is 3.14. The summed E-state index contributed by atoms with van der Waals surface area (Å²) in [6.07, 6.45) is 27.9. The van der Waals surface area contributed by atoms with E-state index in [4.69, 9.17) is 0 Å². The summed E-state index contributed by atoms with van der Waals surface area (Å²) < 4.78 is 0. The summed E-state index contributed by atoms with van der Waals surface area (Å²) in [5.41, 5.74) is 0. The molecule has 0 spiro atoms. The number of rotatable bonds is 15. The molecule has 0 N–H and O–H groups in total. The largest absolute Gasteiger partial charge is 0.0882 e. The molecule has 0 aliphatic rings. The molecule has 0 bridgehead atoms. The van der Waals surface area contributed by atoms with Gasteiger partial charge in [0.15, 0.2) is 0 Å². The number of allylic oxidation sites excluding steroid dienone is 4. The Hall–Kier alpha value is -0.520. The molecule has 20 heavy (non-hydrogen) atoms. The summed E-state index contributed by atoms with van der Waals surface area (Å²) in [5, 5.41) is 0. The Morgan fingerprint density at radius 3 is 1.65 bits per heavy atom. The van der Waals surface area contributed by atoms with Crippen LogP contribution >= 0.6 is 0 Å².